The molecule has 0 aromatic rings. The molecule has 0 radical (unpaired) electrons. The van der Waals surface area contributed by atoms with Crippen LogP contribution >= 0.6 is 0 Å². The van der Waals surface area contributed by atoms with Gasteiger partial charge in [0.05, 0.1) is 0 Å². The second-order valence-electron chi connectivity index (χ2n) is 1.83. The molecule has 11 heavy (non-hydrogen) atoms. The Bertz CT molecular complexity index is 162. The smallest absolute Gasteiger partial charge is 0.180 e. The van der Waals surface area contributed by atoms with Crippen LogP contribution in [-0.2, 0) is 14.3 Å². The summed E-state index contributed by atoms with van der Waals surface area (Å²) in [5, 5.41) is 0. The number of carbonyl (C=O) groups excluding carboxylic acids is 2. The Hall–Kier alpha value is -1.22. The van der Waals surface area contributed by atoms with E-state index in [2.05, 4.69) is 13.2 Å². The van der Waals surface area contributed by atoms with Gasteiger partial charge in [-0.05, 0) is 12.2 Å². The Balaban J connectivity index is 3.41. The fraction of sp³-hybridized carbons (Fsp3) is 0.250. The molecule has 0 amide bonds. The normalized spacial score (nSPS) is 8.73. The maximum atomic E-state index is 10.5. The highest BCUT2D eigenvalue weighted by Crippen LogP contribution is 1.80. The molecule has 0 saturated carbocycles. The van der Waals surface area contributed by atoms with Crippen molar-refractivity contribution in [3.8, 4) is 0 Å². The zero-order valence-electron chi connectivity index (χ0n) is 6.21. The summed E-state index contributed by atoms with van der Waals surface area (Å²) >= 11 is 0. The summed E-state index contributed by atoms with van der Waals surface area (Å²) in [6, 6.07) is 0. The molecule has 3 nitrogen and oxygen atoms in total. The molecule has 0 aliphatic carbocycles. The van der Waals surface area contributed by atoms with E-state index in [1.165, 1.54) is 0 Å². The van der Waals surface area contributed by atoms with Crippen LogP contribution in [0.2, 0.25) is 0 Å². The van der Waals surface area contributed by atoms with Crippen LogP contribution < -0.4 is 0 Å². The van der Waals surface area contributed by atoms with Crippen molar-refractivity contribution in [1.82, 2.24) is 0 Å². The highest BCUT2D eigenvalue weighted by Gasteiger charge is 1.98. The van der Waals surface area contributed by atoms with Gasteiger partial charge in [0.25, 0.3) is 0 Å². The van der Waals surface area contributed by atoms with Gasteiger partial charge in [-0.25, -0.2) is 0 Å². The van der Waals surface area contributed by atoms with Crippen LogP contribution in [0.4, 0.5) is 0 Å². The number of ether oxygens (including phenoxy) is 1. The number of ketones is 2. The van der Waals surface area contributed by atoms with E-state index in [1.807, 2.05) is 0 Å². The third-order valence-electron chi connectivity index (χ3n) is 0.944. The molecule has 0 N–H and O–H groups in total. The minimum Gasteiger partial charge on any atom is -0.365 e. The van der Waals surface area contributed by atoms with Crippen LogP contribution in [0, 0.1) is 0 Å². The summed E-state index contributed by atoms with van der Waals surface area (Å²) in [5.41, 5.74) is 0. The lowest BCUT2D eigenvalue weighted by Gasteiger charge is -1.96. The van der Waals surface area contributed by atoms with E-state index in [9.17, 15) is 9.59 Å². The van der Waals surface area contributed by atoms with Crippen molar-refractivity contribution < 1.29 is 14.3 Å². The first-order chi connectivity index (χ1) is 5.20. The Labute approximate surface area is 65.4 Å². The first-order valence-corrected chi connectivity index (χ1v) is 3.09. The number of hydrogen-bond acceptors (Lipinski definition) is 3. The van der Waals surface area contributed by atoms with E-state index < -0.39 is 0 Å². The lowest BCUT2D eigenvalue weighted by molar-refractivity contribution is -0.123. The van der Waals surface area contributed by atoms with E-state index in [4.69, 9.17) is 4.74 Å². The standard InChI is InChI=1S/C8H10O3/c1-3-7(9)5-11-6-8(10)4-2/h3-4H,1-2,5-6H2. The molecule has 0 heterocycles. The minimum absolute atomic E-state index is 0.0942. The van der Waals surface area contributed by atoms with Gasteiger partial charge in [0, 0.05) is 0 Å². The quantitative estimate of drug-likeness (QED) is 0.523. The Morgan fingerprint density at radius 3 is 1.73 bits per heavy atom. The van der Waals surface area contributed by atoms with Gasteiger partial charge in [-0.1, -0.05) is 13.2 Å². The predicted octanol–water partition coefficient (Wildman–Crippen LogP) is 0.513. The Morgan fingerprint density at radius 2 is 1.45 bits per heavy atom. The molecular formula is C8H10O3. The molecular weight excluding hydrogens is 144 g/mol. The molecule has 0 rings (SSSR count). The molecule has 0 aliphatic rings. The summed E-state index contributed by atoms with van der Waals surface area (Å²) in [4.78, 5) is 21.0. The molecule has 60 valence electrons. The molecule has 0 saturated heterocycles. The van der Waals surface area contributed by atoms with E-state index in [0.717, 1.165) is 12.2 Å². The van der Waals surface area contributed by atoms with Crippen molar-refractivity contribution in [2.45, 2.75) is 0 Å². The monoisotopic (exact) mass is 154 g/mol. The fourth-order valence-corrected chi connectivity index (χ4v) is 0.370. The van der Waals surface area contributed by atoms with Crippen LogP contribution in [0.3, 0.4) is 0 Å². The molecule has 0 aromatic carbocycles. The summed E-state index contributed by atoms with van der Waals surface area (Å²) in [6.07, 6.45) is 2.30. The van der Waals surface area contributed by atoms with E-state index in [-0.39, 0.29) is 24.8 Å². The zero-order valence-corrected chi connectivity index (χ0v) is 6.21. The lowest BCUT2D eigenvalue weighted by Crippen LogP contribution is -2.11. The molecule has 0 atom stereocenters. The zero-order chi connectivity index (χ0) is 8.69. The van der Waals surface area contributed by atoms with Crippen LogP contribution in [0.1, 0.15) is 0 Å². The van der Waals surface area contributed by atoms with E-state index >= 15 is 0 Å². The minimum atomic E-state index is -0.234. The van der Waals surface area contributed by atoms with Crippen LogP contribution in [0.5, 0.6) is 0 Å². The third-order valence-corrected chi connectivity index (χ3v) is 0.944. The second-order valence-corrected chi connectivity index (χ2v) is 1.83. The van der Waals surface area contributed by atoms with E-state index in [1.54, 1.807) is 0 Å². The van der Waals surface area contributed by atoms with Crippen LogP contribution in [0.25, 0.3) is 0 Å². The molecule has 0 unspecified atom stereocenters. The van der Waals surface area contributed by atoms with Crippen molar-refractivity contribution in [2.75, 3.05) is 13.2 Å². The maximum absolute atomic E-state index is 10.5. The number of hydrogen-bond donors (Lipinski definition) is 0. The first-order valence-electron chi connectivity index (χ1n) is 3.09. The molecule has 0 aliphatic heterocycles. The van der Waals surface area contributed by atoms with Crippen molar-refractivity contribution >= 4 is 11.6 Å². The average molecular weight is 154 g/mol. The number of rotatable bonds is 6. The van der Waals surface area contributed by atoms with Crippen molar-refractivity contribution in [2.24, 2.45) is 0 Å². The van der Waals surface area contributed by atoms with Gasteiger partial charge in [0.15, 0.2) is 11.6 Å². The topological polar surface area (TPSA) is 43.4 Å². The Kier molecular flexibility index (Phi) is 4.94. The highest BCUT2D eigenvalue weighted by molar-refractivity contribution is 5.92. The Morgan fingerprint density at radius 1 is 1.09 bits per heavy atom. The van der Waals surface area contributed by atoms with Gasteiger partial charge in [-0.2, -0.15) is 0 Å². The predicted molar refractivity (Wildman–Crippen MR) is 41.2 cm³/mol. The molecule has 3 heteroatoms. The highest BCUT2D eigenvalue weighted by atomic mass is 16.5. The molecule has 0 aromatic heterocycles. The maximum Gasteiger partial charge on any atom is 0.180 e. The summed E-state index contributed by atoms with van der Waals surface area (Å²) in [7, 11) is 0. The largest absolute Gasteiger partial charge is 0.365 e. The summed E-state index contributed by atoms with van der Waals surface area (Å²) in [5.74, 6) is -0.469. The van der Waals surface area contributed by atoms with Gasteiger partial charge in [0.2, 0.25) is 0 Å². The van der Waals surface area contributed by atoms with Crippen molar-refractivity contribution in [3.63, 3.8) is 0 Å². The van der Waals surface area contributed by atoms with Crippen LogP contribution in [-0.4, -0.2) is 24.8 Å². The lowest BCUT2D eigenvalue weighted by atomic mass is 10.4. The van der Waals surface area contributed by atoms with Gasteiger partial charge >= 0.3 is 0 Å². The third kappa shape index (κ3) is 5.24. The van der Waals surface area contributed by atoms with Crippen molar-refractivity contribution in [3.05, 3.63) is 25.3 Å². The van der Waals surface area contributed by atoms with E-state index in [0.29, 0.717) is 0 Å². The summed E-state index contributed by atoms with van der Waals surface area (Å²) in [6.45, 7) is 6.30. The average Bonchev–Trinajstić information content (AvgIpc) is 2.04. The first kappa shape index (κ1) is 9.78. The number of carbonyl (C=O) groups is 2. The fourth-order valence-electron chi connectivity index (χ4n) is 0.370. The molecule has 0 fully saturated rings. The van der Waals surface area contributed by atoms with Crippen molar-refractivity contribution in [1.29, 1.82) is 0 Å². The van der Waals surface area contributed by atoms with Crippen LogP contribution in [0.15, 0.2) is 25.3 Å². The van der Waals surface area contributed by atoms with Gasteiger partial charge < -0.3 is 4.74 Å². The van der Waals surface area contributed by atoms with Gasteiger partial charge in [-0.3, -0.25) is 9.59 Å². The summed E-state index contributed by atoms with van der Waals surface area (Å²) < 4.78 is 4.70. The molecule has 0 spiro atoms. The molecule has 0 bridgehead atoms. The van der Waals surface area contributed by atoms with Gasteiger partial charge in [0.1, 0.15) is 13.2 Å². The SMILES string of the molecule is C=CC(=O)COCC(=O)C=C. The second kappa shape index (κ2) is 5.56. The van der Waals surface area contributed by atoms with Gasteiger partial charge in [-0.15, -0.1) is 0 Å².